The van der Waals surface area contributed by atoms with Crippen molar-refractivity contribution in [2.45, 2.75) is 18.9 Å². The van der Waals surface area contributed by atoms with Crippen LogP contribution >= 0.6 is 0 Å². The average molecular weight is 184 g/mol. The third-order valence-corrected chi connectivity index (χ3v) is 2.42. The summed E-state index contributed by atoms with van der Waals surface area (Å²) in [4.78, 5) is 0. The Morgan fingerprint density at radius 1 is 1.54 bits per heavy atom. The molecular weight excluding hydrogens is 171 g/mol. The van der Waals surface area contributed by atoms with Crippen molar-refractivity contribution in [3.8, 4) is 0 Å². The normalized spacial score (nSPS) is 19.2. The molecule has 1 saturated heterocycles. The lowest BCUT2D eigenvalue weighted by Crippen LogP contribution is -2.30. The minimum absolute atomic E-state index is 0.138. The van der Waals surface area contributed by atoms with Crippen LogP contribution in [-0.4, -0.2) is 22.9 Å². The molecule has 2 rings (SSSR count). The summed E-state index contributed by atoms with van der Waals surface area (Å²) < 4.78 is 14.7. The van der Waals surface area contributed by atoms with Crippen LogP contribution in [0.15, 0.2) is 6.20 Å². The lowest BCUT2D eigenvalue weighted by Gasteiger charge is -2.22. The Bertz CT molecular complexity index is 290. The monoisotopic (exact) mass is 184 g/mol. The van der Waals surface area contributed by atoms with Crippen LogP contribution in [0.25, 0.3) is 0 Å². The summed E-state index contributed by atoms with van der Waals surface area (Å²) in [6, 6.07) is 0.165. The minimum atomic E-state index is -0.396. The molecular formula is C8H13FN4. The number of nitrogens with two attached hydrogens (primary N) is 1. The van der Waals surface area contributed by atoms with E-state index in [4.69, 9.17) is 5.73 Å². The maximum atomic E-state index is 13.3. The molecule has 4 nitrogen and oxygen atoms in total. The van der Waals surface area contributed by atoms with Crippen LogP contribution in [-0.2, 0) is 0 Å². The van der Waals surface area contributed by atoms with Crippen LogP contribution in [0.4, 0.5) is 10.1 Å². The summed E-state index contributed by atoms with van der Waals surface area (Å²) in [6.45, 7) is 1.84. The van der Waals surface area contributed by atoms with Gasteiger partial charge in [0.05, 0.1) is 12.2 Å². The van der Waals surface area contributed by atoms with Crippen LogP contribution in [0.5, 0.6) is 0 Å². The van der Waals surface area contributed by atoms with Crippen LogP contribution in [0.2, 0.25) is 0 Å². The molecule has 1 aliphatic heterocycles. The summed E-state index contributed by atoms with van der Waals surface area (Å²) >= 11 is 0. The zero-order valence-corrected chi connectivity index (χ0v) is 7.33. The van der Waals surface area contributed by atoms with E-state index >= 15 is 0 Å². The van der Waals surface area contributed by atoms with Crippen LogP contribution in [0, 0.1) is 5.95 Å². The number of piperidine rings is 1. The molecule has 0 unspecified atom stereocenters. The molecule has 0 bridgehead atoms. The largest absolute Gasteiger partial charge is 0.394 e. The van der Waals surface area contributed by atoms with E-state index in [0.717, 1.165) is 25.9 Å². The molecule has 13 heavy (non-hydrogen) atoms. The first-order chi connectivity index (χ1) is 6.29. The summed E-state index contributed by atoms with van der Waals surface area (Å²) in [5.41, 5.74) is 5.51. The van der Waals surface area contributed by atoms with Crippen LogP contribution in [0.1, 0.15) is 18.9 Å². The molecule has 1 fully saturated rings. The maximum Gasteiger partial charge on any atom is 0.234 e. The number of hydrogen-bond acceptors (Lipinski definition) is 3. The summed E-state index contributed by atoms with van der Waals surface area (Å²) in [5, 5.41) is 7.14. The molecule has 0 amide bonds. The first-order valence-electron chi connectivity index (χ1n) is 4.48. The second-order valence-electron chi connectivity index (χ2n) is 3.32. The zero-order chi connectivity index (χ0) is 9.26. The van der Waals surface area contributed by atoms with Gasteiger partial charge in [-0.15, -0.1) is 0 Å². The number of nitrogens with one attached hydrogen (secondary N) is 1. The summed E-state index contributed by atoms with van der Waals surface area (Å²) in [6.07, 6.45) is 3.20. The van der Waals surface area contributed by atoms with Gasteiger partial charge >= 0.3 is 0 Å². The number of hydrogen-bond donors (Lipinski definition) is 2. The van der Waals surface area contributed by atoms with E-state index in [-0.39, 0.29) is 11.7 Å². The van der Waals surface area contributed by atoms with Gasteiger partial charge < -0.3 is 11.1 Å². The second-order valence-corrected chi connectivity index (χ2v) is 3.32. The molecule has 72 valence electrons. The lowest BCUT2D eigenvalue weighted by molar-refractivity contribution is 0.304. The molecule has 0 radical (unpaired) electrons. The average Bonchev–Trinajstić information content (AvgIpc) is 2.49. The molecule has 1 aromatic rings. The fourth-order valence-corrected chi connectivity index (χ4v) is 1.67. The fourth-order valence-electron chi connectivity index (χ4n) is 1.67. The van der Waals surface area contributed by atoms with Crippen LogP contribution < -0.4 is 11.1 Å². The number of rotatable bonds is 1. The van der Waals surface area contributed by atoms with Gasteiger partial charge in [-0.2, -0.15) is 9.49 Å². The SMILES string of the molecule is Nc1cnn(C2CCNCC2)c1F. The van der Waals surface area contributed by atoms with Gasteiger partial charge in [0.2, 0.25) is 5.95 Å². The number of aromatic nitrogens is 2. The predicted molar refractivity (Wildman–Crippen MR) is 47.7 cm³/mol. The Labute approximate surface area is 75.9 Å². The Morgan fingerprint density at radius 3 is 2.77 bits per heavy atom. The first-order valence-corrected chi connectivity index (χ1v) is 4.48. The molecule has 3 N–H and O–H groups in total. The van der Waals surface area contributed by atoms with Crippen molar-refractivity contribution in [2.24, 2.45) is 0 Å². The zero-order valence-electron chi connectivity index (χ0n) is 7.33. The Balaban J connectivity index is 2.18. The molecule has 0 aromatic carbocycles. The third-order valence-electron chi connectivity index (χ3n) is 2.42. The van der Waals surface area contributed by atoms with Gasteiger partial charge in [0.15, 0.2) is 0 Å². The molecule has 0 aliphatic carbocycles. The Morgan fingerprint density at radius 2 is 2.23 bits per heavy atom. The van der Waals surface area contributed by atoms with Crippen LogP contribution in [0.3, 0.4) is 0 Å². The summed E-state index contributed by atoms with van der Waals surface area (Å²) in [7, 11) is 0. The first kappa shape index (κ1) is 8.50. The van der Waals surface area contributed by atoms with E-state index in [1.807, 2.05) is 0 Å². The summed E-state index contributed by atoms with van der Waals surface area (Å²) in [5.74, 6) is -0.396. The fraction of sp³-hybridized carbons (Fsp3) is 0.625. The molecule has 0 saturated carbocycles. The number of anilines is 1. The van der Waals surface area contributed by atoms with Crippen molar-refractivity contribution in [2.75, 3.05) is 18.8 Å². The number of halogens is 1. The second kappa shape index (κ2) is 3.33. The highest BCUT2D eigenvalue weighted by Gasteiger charge is 2.19. The van der Waals surface area contributed by atoms with E-state index in [1.54, 1.807) is 0 Å². The highest BCUT2D eigenvalue weighted by Crippen LogP contribution is 2.21. The van der Waals surface area contributed by atoms with Gasteiger partial charge in [-0.25, -0.2) is 4.68 Å². The topological polar surface area (TPSA) is 55.9 Å². The number of nitrogens with zero attached hydrogens (tertiary/aromatic N) is 2. The van der Waals surface area contributed by atoms with Crippen molar-refractivity contribution in [1.29, 1.82) is 0 Å². The van der Waals surface area contributed by atoms with E-state index in [0.29, 0.717) is 0 Å². The van der Waals surface area contributed by atoms with Crippen molar-refractivity contribution in [1.82, 2.24) is 15.1 Å². The van der Waals surface area contributed by atoms with Gasteiger partial charge in [0.25, 0.3) is 0 Å². The van der Waals surface area contributed by atoms with Gasteiger partial charge in [0.1, 0.15) is 5.69 Å². The molecule has 2 heterocycles. The maximum absolute atomic E-state index is 13.3. The van der Waals surface area contributed by atoms with Crippen molar-refractivity contribution >= 4 is 5.69 Å². The lowest BCUT2D eigenvalue weighted by atomic mass is 10.1. The van der Waals surface area contributed by atoms with Gasteiger partial charge in [-0.1, -0.05) is 0 Å². The standard InChI is InChI=1S/C8H13FN4/c9-8-7(10)5-12-13(8)6-1-3-11-4-2-6/h5-6,11H,1-4,10H2. The molecule has 0 atom stereocenters. The smallest absolute Gasteiger partial charge is 0.234 e. The van der Waals surface area contributed by atoms with E-state index < -0.39 is 5.95 Å². The van der Waals surface area contributed by atoms with E-state index in [2.05, 4.69) is 10.4 Å². The predicted octanol–water partition coefficient (Wildman–Crippen LogP) is 0.529. The molecule has 0 spiro atoms. The number of nitrogen functional groups attached to an aromatic ring is 1. The quantitative estimate of drug-likeness (QED) is 0.669. The van der Waals surface area contributed by atoms with E-state index in [9.17, 15) is 4.39 Å². The van der Waals surface area contributed by atoms with Crippen molar-refractivity contribution in [3.05, 3.63) is 12.1 Å². The highest BCUT2D eigenvalue weighted by atomic mass is 19.1. The van der Waals surface area contributed by atoms with Crippen molar-refractivity contribution < 1.29 is 4.39 Å². The van der Waals surface area contributed by atoms with E-state index in [1.165, 1.54) is 10.9 Å². The Kier molecular flexibility index (Phi) is 2.18. The highest BCUT2D eigenvalue weighted by molar-refractivity contribution is 5.32. The molecule has 1 aromatic heterocycles. The Hall–Kier alpha value is -1.10. The molecule has 1 aliphatic rings. The third kappa shape index (κ3) is 1.51. The van der Waals surface area contributed by atoms with Gasteiger partial charge in [-0.05, 0) is 25.9 Å². The van der Waals surface area contributed by atoms with Gasteiger partial charge in [0, 0.05) is 0 Å². The minimum Gasteiger partial charge on any atom is -0.394 e. The van der Waals surface area contributed by atoms with Crippen molar-refractivity contribution in [3.63, 3.8) is 0 Å². The molecule has 5 heteroatoms. The van der Waals surface area contributed by atoms with Gasteiger partial charge in [-0.3, -0.25) is 0 Å².